The van der Waals surface area contributed by atoms with Gasteiger partial charge in [-0.15, -0.1) is 11.3 Å². The van der Waals surface area contributed by atoms with Crippen LogP contribution in [-0.2, 0) is 0 Å². The maximum Gasteiger partial charge on any atom is 0.164 e. The molecule has 4 nitrogen and oxygen atoms in total. The molecule has 0 unspecified atom stereocenters. The van der Waals surface area contributed by atoms with E-state index in [0.717, 1.165) is 32.8 Å². The van der Waals surface area contributed by atoms with E-state index >= 15 is 0 Å². The van der Waals surface area contributed by atoms with Gasteiger partial charge in [-0.05, 0) is 67.7 Å². The Morgan fingerprint density at radius 1 is 0.388 bits per heavy atom. The smallest absolute Gasteiger partial charge is 0.164 e. The zero-order valence-corrected chi connectivity index (χ0v) is 27.0. The van der Waals surface area contributed by atoms with Crippen molar-refractivity contribution in [1.82, 2.24) is 19.9 Å². The Hall–Kier alpha value is -6.30. The van der Waals surface area contributed by atoms with E-state index in [1.54, 1.807) is 0 Å². The lowest BCUT2D eigenvalue weighted by atomic mass is 9.93. The molecule has 0 spiro atoms. The highest BCUT2D eigenvalue weighted by atomic mass is 32.1. The van der Waals surface area contributed by atoms with Gasteiger partial charge in [-0.2, -0.15) is 0 Å². The molecule has 3 aromatic heterocycles. The molecule has 5 heteroatoms. The van der Waals surface area contributed by atoms with Crippen molar-refractivity contribution in [2.24, 2.45) is 0 Å². The van der Waals surface area contributed by atoms with Crippen molar-refractivity contribution in [3.8, 4) is 45.3 Å². The van der Waals surface area contributed by atoms with Gasteiger partial charge in [-0.25, -0.2) is 15.0 Å². The number of hydrogen-bond acceptors (Lipinski definition) is 5. The zero-order valence-electron chi connectivity index (χ0n) is 26.2. The fourth-order valence-corrected chi connectivity index (χ4v) is 8.21. The van der Waals surface area contributed by atoms with Crippen LogP contribution in [0.5, 0.6) is 0 Å². The van der Waals surface area contributed by atoms with Gasteiger partial charge in [0.25, 0.3) is 0 Å². The molecule has 49 heavy (non-hydrogen) atoms. The Bertz CT molecular complexity index is 2890. The van der Waals surface area contributed by atoms with Crippen LogP contribution in [0.2, 0.25) is 0 Å². The van der Waals surface area contributed by atoms with Crippen molar-refractivity contribution in [1.29, 1.82) is 0 Å². The normalized spacial score (nSPS) is 11.7. The minimum Gasteiger partial charge on any atom is -0.263 e. The second-order valence-corrected chi connectivity index (χ2v) is 13.3. The summed E-state index contributed by atoms with van der Waals surface area (Å²) >= 11 is 1.81. The van der Waals surface area contributed by atoms with Gasteiger partial charge in [0.2, 0.25) is 0 Å². The highest BCUT2D eigenvalue weighted by molar-refractivity contribution is 7.26. The van der Waals surface area contributed by atoms with E-state index in [1.165, 1.54) is 47.5 Å². The molecule has 10 aromatic rings. The summed E-state index contributed by atoms with van der Waals surface area (Å²) in [5.41, 5.74) is 5.24. The fraction of sp³-hybridized carbons (Fsp3) is 0. The number of nitrogens with zero attached hydrogens (tertiary/aromatic N) is 4. The van der Waals surface area contributed by atoms with E-state index in [9.17, 15) is 0 Å². The zero-order chi connectivity index (χ0) is 32.3. The molecule has 0 aliphatic heterocycles. The van der Waals surface area contributed by atoms with Gasteiger partial charge in [0.1, 0.15) is 0 Å². The van der Waals surface area contributed by atoms with E-state index in [2.05, 4.69) is 120 Å². The van der Waals surface area contributed by atoms with Gasteiger partial charge in [-0.3, -0.25) is 4.98 Å². The number of hydrogen-bond donors (Lipinski definition) is 0. The highest BCUT2D eigenvalue weighted by Crippen LogP contribution is 2.41. The van der Waals surface area contributed by atoms with Crippen LogP contribution in [0.1, 0.15) is 0 Å². The van der Waals surface area contributed by atoms with Crippen LogP contribution in [0.3, 0.4) is 0 Å². The molecule has 0 bridgehead atoms. The first-order valence-corrected chi connectivity index (χ1v) is 17.1. The van der Waals surface area contributed by atoms with Gasteiger partial charge in [0.05, 0.1) is 4.70 Å². The third-order valence-electron chi connectivity index (χ3n) is 9.41. The first kappa shape index (κ1) is 27.8. The molecule has 0 radical (unpaired) electrons. The molecule has 0 aliphatic rings. The Balaban J connectivity index is 1.14. The summed E-state index contributed by atoms with van der Waals surface area (Å²) in [4.78, 5) is 19.5. The van der Waals surface area contributed by atoms with Gasteiger partial charge in [-0.1, -0.05) is 121 Å². The second-order valence-electron chi connectivity index (χ2n) is 12.3. The standard InChI is InChI=1S/C44H26N4S/c1-2-9-28(10-3-1)42-46-43(32-15-14-27-8-4-5-11-29(27)24-32)48-44(47-42)39-21-20-33(35-12-6-7-13-36(35)39)30-16-18-34-31(25-30)17-19-38-37-22-23-45-26-40(37)49-41(34)38/h1-26H. The molecular formula is C44H26N4S. The van der Waals surface area contributed by atoms with E-state index in [4.69, 9.17) is 15.0 Å². The number of benzene rings is 7. The van der Waals surface area contributed by atoms with Crippen LogP contribution in [0.4, 0.5) is 0 Å². The SMILES string of the molecule is c1ccc(-c2nc(-c3ccc4ccccc4c3)nc(-c3ccc(-c4ccc5c(ccc6c7ccncc7sc56)c4)c4ccccc34)n2)cc1. The molecule has 228 valence electrons. The van der Waals surface area contributed by atoms with Crippen molar-refractivity contribution in [2.75, 3.05) is 0 Å². The number of pyridine rings is 1. The molecule has 7 aromatic carbocycles. The lowest BCUT2D eigenvalue weighted by Gasteiger charge is -2.14. The summed E-state index contributed by atoms with van der Waals surface area (Å²) in [6.45, 7) is 0. The van der Waals surface area contributed by atoms with Gasteiger partial charge in [0, 0.05) is 44.6 Å². The second kappa shape index (κ2) is 11.2. The lowest BCUT2D eigenvalue weighted by molar-refractivity contribution is 1.08. The summed E-state index contributed by atoms with van der Waals surface area (Å²) in [6, 6.07) is 51.3. The molecule has 0 amide bonds. The quantitative estimate of drug-likeness (QED) is 0.192. The topological polar surface area (TPSA) is 51.6 Å². The van der Waals surface area contributed by atoms with Crippen LogP contribution >= 0.6 is 11.3 Å². The van der Waals surface area contributed by atoms with E-state index < -0.39 is 0 Å². The minimum absolute atomic E-state index is 0.653. The van der Waals surface area contributed by atoms with Gasteiger partial charge >= 0.3 is 0 Å². The summed E-state index contributed by atoms with van der Waals surface area (Å²) in [5, 5.41) is 9.63. The molecule has 3 heterocycles. The van der Waals surface area contributed by atoms with Crippen LogP contribution in [0.25, 0.3) is 97.8 Å². The van der Waals surface area contributed by atoms with Crippen LogP contribution in [0, 0.1) is 0 Å². The Morgan fingerprint density at radius 3 is 1.92 bits per heavy atom. The molecule has 0 fully saturated rings. The Labute approximate surface area is 286 Å². The Morgan fingerprint density at radius 2 is 1.04 bits per heavy atom. The van der Waals surface area contributed by atoms with Crippen LogP contribution in [-0.4, -0.2) is 19.9 Å². The van der Waals surface area contributed by atoms with Gasteiger partial charge in [0.15, 0.2) is 17.5 Å². The number of fused-ring (bicyclic) bond motifs is 7. The lowest BCUT2D eigenvalue weighted by Crippen LogP contribution is -2.00. The summed E-state index contributed by atoms with van der Waals surface area (Å²) < 4.78 is 2.52. The molecule has 0 N–H and O–H groups in total. The predicted octanol–water partition coefficient (Wildman–Crippen LogP) is 11.8. The molecule has 0 aliphatic carbocycles. The first-order valence-electron chi connectivity index (χ1n) is 16.3. The van der Waals surface area contributed by atoms with Crippen LogP contribution < -0.4 is 0 Å². The number of rotatable bonds is 4. The summed E-state index contributed by atoms with van der Waals surface area (Å²) in [6.07, 6.45) is 3.84. The maximum atomic E-state index is 5.12. The van der Waals surface area contributed by atoms with E-state index in [-0.39, 0.29) is 0 Å². The number of thiophene rings is 1. The van der Waals surface area contributed by atoms with E-state index in [0.29, 0.717) is 17.5 Å². The fourth-order valence-electron chi connectivity index (χ4n) is 7.00. The monoisotopic (exact) mass is 642 g/mol. The Kier molecular flexibility index (Phi) is 6.32. The molecular weight excluding hydrogens is 617 g/mol. The molecule has 10 rings (SSSR count). The third-order valence-corrected chi connectivity index (χ3v) is 10.6. The average Bonchev–Trinajstić information content (AvgIpc) is 3.56. The predicted molar refractivity (Wildman–Crippen MR) is 205 cm³/mol. The first-order chi connectivity index (χ1) is 24.3. The summed E-state index contributed by atoms with van der Waals surface area (Å²) in [7, 11) is 0. The molecule has 0 saturated carbocycles. The summed E-state index contributed by atoms with van der Waals surface area (Å²) in [5.74, 6) is 1.96. The van der Waals surface area contributed by atoms with Crippen LogP contribution in [0.15, 0.2) is 158 Å². The highest BCUT2D eigenvalue weighted by Gasteiger charge is 2.17. The van der Waals surface area contributed by atoms with Gasteiger partial charge < -0.3 is 0 Å². The molecule has 0 saturated heterocycles. The average molecular weight is 643 g/mol. The minimum atomic E-state index is 0.653. The largest absolute Gasteiger partial charge is 0.263 e. The van der Waals surface area contributed by atoms with Crippen molar-refractivity contribution < 1.29 is 0 Å². The van der Waals surface area contributed by atoms with E-state index in [1.807, 2.05) is 54.1 Å². The van der Waals surface area contributed by atoms with Crippen molar-refractivity contribution in [3.63, 3.8) is 0 Å². The number of aromatic nitrogens is 4. The maximum absolute atomic E-state index is 5.12. The van der Waals surface area contributed by atoms with Crippen molar-refractivity contribution in [2.45, 2.75) is 0 Å². The third kappa shape index (κ3) is 4.66. The van der Waals surface area contributed by atoms with Crippen molar-refractivity contribution >= 4 is 63.8 Å². The molecule has 0 atom stereocenters. The van der Waals surface area contributed by atoms with Crippen molar-refractivity contribution in [3.05, 3.63) is 158 Å².